The van der Waals surface area contributed by atoms with Crippen LogP contribution in [0.25, 0.3) is 22.2 Å². The molecule has 1 aliphatic carbocycles. The van der Waals surface area contributed by atoms with Crippen LogP contribution in [0.15, 0.2) is 60.7 Å². The van der Waals surface area contributed by atoms with Gasteiger partial charge >= 0.3 is 0 Å². The van der Waals surface area contributed by atoms with Crippen LogP contribution in [0, 0.1) is 0 Å². The van der Waals surface area contributed by atoms with E-state index in [9.17, 15) is 4.79 Å². The van der Waals surface area contributed by atoms with Crippen molar-refractivity contribution in [3.05, 3.63) is 71.8 Å². The predicted octanol–water partition coefficient (Wildman–Crippen LogP) is 4.39. The maximum absolute atomic E-state index is 13.4. The molecule has 3 heterocycles. The zero-order valence-corrected chi connectivity index (χ0v) is 21.5. The van der Waals surface area contributed by atoms with Crippen LogP contribution in [0.4, 0.5) is 11.4 Å². The minimum Gasteiger partial charge on any atom is -0.497 e. The fraction of sp³-hybridized carbons (Fsp3) is 0.333. The highest BCUT2D eigenvalue weighted by molar-refractivity contribution is 6.11. The number of likely N-dealkylation sites (N-methyl/N-ethyl adjacent to an activating group) is 2. The summed E-state index contributed by atoms with van der Waals surface area (Å²) < 4.78 is 5.47. The number of hydrogen-bond acceptors (Lipinski definition) is 5. The third-order valence-electron chi connectivity index (χ3n) is 8.69. The van der Waals surface area contributed by atoms with Crippen LogP contribution in [0.3, 0.4) is 0 Å². The Morgan fingerprint density at radius 3 is 2.51 bits per heavy atom. The molecule has 1 amide bonds. The van der Waals surface area contributed by atoms with Gasteiger partial charge in [-0.2, -0.15) is 5.10 Å². The Bertz CT molecular complexity index is 1520. The molecule has 1 saturated heterocycles. The molecule has 37 heavy (non-hydrogen) atoms. The van der Waals surface area contributed by atoms with Crippen LogP contribution in [-0.4, -0.2) is 68.4 Å². The van der Waals surface area contributed by atoms with E-state index in [1.165, 1.54) is 11.3 Å². The molecule has 188 valence electrons. The lowest BCUT2D eigenvalue weighted by atomic mass is 9.91. The summed E-state index contributed by atoms with van der Waals surface area (Å²) in [7, 11) is 5.72. The van der Waals surface area contributed by atoms with Gasteiger partial charge in [0.2, 0.25) is 5.91 Å². The van der Waals surface area contributed by atoms with Gasteiger partial charge in [-0.05, 0) is 61.0 Å². The van der Waals surface area contributed by atoms with Crippen molar-refractivity contribution in [3.8, 4) is 17.0 Å². The van der Waals surface area contributed by atoms with E-state index in [4.69, 9.17) is 4.74 Å². The molecule has 3 aliphatic rings. The Balaban J connectivity index is 1.17. The highest BCUT2D eigenvalue weighted by Gasteiger charge is 2.66. The molecule has 7 rings (SSSR count). The van der Waals surface area contributed by atoms with Crippen molar-refractivity contribution in [2.24, 2.45) is 0 Å². The molecular formula is C30H31N5O2. The molecule has 4 aromatic rings. The van der Waals surface area contributed by atoms with Crippen molar-refractivity contribution in [1.82, 2.24) is 15.1 Å². The number of aromatic nitrogens is 2. The lowest BCUT2D eigenvalue weighted by Gasteiger charge is -2.34. The van der Waals surface area contributed by atoms with Crippen molar-refractivity contribution in [3.63, 3.8) is 0 Å². The molecule has 1 N–H and O–H groups in total. The van der Waals surface area contributed by atoms with Gasteiger partial charge in [-0.25, -0.2) is 0 Å². The number of H-pyrrole nitrogens is 1. The van der Waals surface area contributed by atoms with Crippen molar-refractivity contribution in [2.75, 3.05) is 57.2 Å². The van der Waals surface area contributed by atoms with E-state index in [1.807, 2.05) is 25.2 Å². The number of hydrogen-bond donors (Lipinski definition) is 1. The highest BCUT2D eigenvalue weighted by Crippen LogP contribution is 2.66. The van der Waals surface area contributed by atoms with E-state index >= 15 is 0 Å². The van der Waals surface area contributed by atoms with Gasteiger partial charge in [-0.15, -0.1) is 0 Å². The van der Waals surface area contributed by atoms with E-state index in [0.717, 1.165) is 71.8 Å². The number of amides is 1. The molecule has 7 nitrogen and oxygen atoms in total. The Morgan fingerprint density at radius 1 is 0.973 bits per heavy atom. The smallest absolute Gasteiger partial charge is 0.238 e. The minimum absolute atomic E-state index is 0.148. The van der Waals surface area contributed by atoms with Gasteiger partial charge in [-0.1, -0.05) is 24.3 Å². The summed E-state index contributed by atoms with van der Waals surface area (Å²) in [6.07, 6.45) is 0.816. The standard InChI is InChI=1S/C30H31N5O2/c1-33-12-14-35(15-13-33)21-7-4-19(5-8-21)28-23-10-6-20(16-26(23)31-32-28)25-18-30(25)24-17-22(37-3)9-11-27(24)34(2)29(30)36/h4-11,16-17,25H,12-15,18H2,1-3H3,(H,31,32)/t25-,30-/m0/s1. The second-order valence-electron chi connectivity index (χ2n) is 10.7. The lowest BCUT2D eigenvalue weighted by molar-refractivity contribution is -0.120. The van der Waals surface area contributed by atoms with Crippen molar-refractivity contribution in [2.45, 2.75) is 17.8 Å². The second-order valence-corrected chi connectivity index (χ2v) is 10.7. The van der Waals surface area contributed by atoms with E-state index in [2.05, 4.69) is 69.5 Å². The van der Waals surface area contributed by atoms with Gasteiger partial charge in [0.1, 0.15) is 5.75 Å². The van der Waals surface area contributed by atoms with Gasteiger partial charge in [0.05, 0.1) is 23.7 Å². The second kappa shape index (κ2) is 8.08. The molecule has 7 heteroatoms. The van der Waals surface area contributed by atoms with Gasteiger partial charge < -0.3 is 19.4 Å². The minimum atomic E-state index is -0.492. The number of methoxy groups -OCH3 is 1. The number of aromatic amines is 1. The first kappa shape index (κ1) is 22.4. The molecule has 0 unspecified atom stereocenters. The highest BCUT2D eigenvalue weighted by atomic mass is 16.5. The fourth-order valence-electron chi connectivity index (χ4n) is 6.38. The maximum Gasteiger partial charge on any atom is 0.238 e. The van der Waals surface area contributed by atoms with Crippen molar-refractivity contribution >= 4 is 28.2 Å². The number of piperazine rings is 1. The quantitative estimate of drug-likeness (QED) is 0.457. The summed E-state index contributed by atoms with van der Waals surface area (Å²) >= 11 is 0. The number of benzene rings is 3. The first-order valence-corrected chi connectivity index (χ1v) is 13.0. The average molecular weight is 494 g/mol. The molecular weight excluding hydrogens is 462 g/mol. The molecule has 0 radical (unpaired) electrons. The molecule has 1 saturated carbocycles. The van der Waals surface area contributed by atoms with Crippen LogP contribution < -0.4 is 14.5 Å². The number of nitrogens with one attached hydrogen (secondary N) is 1. The number of fused-ring (bicyclic) bond motifs is 3. The maximum atomic E-state index is 13.4. The largest absolute Gasteiger partial charge is 0.497 e. The van der Waals surface area contributed by atoms with Crippen LogP contribution in [0.5, 0.6) is 5.75 Å². The number of ether oxygens (including phenoxy) is 1. The number of nitrogens with zero attached hydrogens (tertiary/aromatic N) is 4. The topological polar surface area (TPSA) is 64.7 Å². The van der Waals surface area contributed by atoms with Crippen molar-refractivity contribution < 1.29 is 9.53 Å². The third-order valence-corrected chi connectivity index (χ3v) is 8.69. The Labute approximate surface area is 216 Å². The normalized spacial score (nSPS) is 23.2. The molecule has 2 fully saturated rings. The average Bonchev–Trinajstić information content (AvgIpc) is 3.50. The Hall–Kier alpha value is -3.84. The number of anilines is 2. The molecule has 2 aliphatic heterocycles. The molecule has 1 spiro atoms. The van der Waals surface area contributed by atoms with E-state index in [1.54, 1.807) is 12.0 Å². The van der Waals surface area contributed by atoms with Crippen LogP contribution in [0.2, 0.25) is 0 Å². The summed E-state index contributed by atoms with van der Waals surface area (Å²) in [4.78, 5) is 20.0. The first-order chi connectivity index (χ1) is 18.0. The van der Waals surface area contributed by atoms with E-state index in [-0.39, 0.29) is 11.8 Å². The van der Waals surface area contributed by atoms with Gasteiger partial charge in [0.15, 0.2) is 0 Å². The van der Waals surface area contributed by atoms with Gasteiger partial charge in [0.25, 0.3) is 0 Å². The summed E-state index contributed by atoms with van der Waals surface area (Å²) in [5.41, 5.74) is 7.08. The fourth-order valence-corrected chi connectivity index (χ4v) is 6.38. The molecule has 3 aromatic carbocycles. The summed E-state index contributed by atoms with van der Waals surface area (Å²) in [5.74, 6) is 1.11. The lowest BCUT2D eigenvalue weighted by Crippen LogP contribution is -2.44. The number of carbonyl (C=O) groups is 1. The van der Waals surface area contributed by atoms with E-state index in [0.29, 0.717) is 0 Å². The van der Waals surface area contributed by atoms with Crippen LogP contribution in [-0.2, 0) is 10.2 Å². The van der Waals surface area contributed by atoms with E-state index < -0.39 is 5.41 Å². The first-order valence-electron chi connectivity index (χ1n) is 13.0. The SMILES string of the molecule is COc1ccc2c(c1)[C@]1(C[C@H]1c1ccc3c(-c4ccc(N5CCN(C)CC5)cc4)n[nH]c3c1)C(=O)N2C. The summed E-state index contributed by atoms with van der Waals surface area (Å²) in [6, 6.07) is 21.2. The monoisotopic (exact) mass is 493 g/mol. The Kier molecular flexibility index (Phi) is 4.88. The van der Waals surface area contributed by atoms with Crippen LogP contribution in [0.1, 0.15) is 23.5 Å². The van der Waals surface area contributed by atoms with Crippen LogP contribution >= 0.6 is 0 Å². The third kappa shape index (κ3) is 3.30. The summed E-state index contributed by atoms with van der Waals surface area (Å²) in [5, 5.41) is 9.02. The molecule has 0 bridgehead atoms. The van der Waals surface area contributed by atoms with Gasteiger partial charge in [0, 0.05) is 61.5 Å². The summed E-state index contributed by atoms with van der Waals surface area (Å²) in [6.45, 7) is 4.30. The van der Waals surface area contributed by atoms with Gasteiger partial charge in [-0.3, -0.25) is 9.89 Å². The number of carbonyl (C=O) groups excluding carboxylic acids is 1. The molecule has 2 atom stereocenters. The zero-order chi connectivity index (χ0) is 25.3. The zero-order valence-electron chi connectivity index (χ0n) is 21.5. The van der Waals surface area contributed by atoms with Crippen molar-refractivity contribution in [1.29, 1.82) is 0 Å². The predicted molar refractivity (Wildman–Crippen MR) is 147 cm³/mol. The Morgan fingerprint density at radius 2 is 1.76 bits per heavy atom. The molecule has 1 aromatic heterocycles. The number of rotatable bonds is 4.